The number of hydrogen-bond donors (Lipinski definition) is 1. The fraction of sp³-hybridized carbons (Fsp3) is 0.909. The average Bonchev–Trinajstić information content (AvgIpc) is 2.26. The highest BCUT2D eigenvalue weighted by Gasteiger charge is 2.32. The lowest BCUT2D eigenvalue weighted by Crippen LogP contribution is -2.47. The number of carbonyl (C=O) groups is 1. The Labute approximate surface area is 101 Å². The molecule has 0 radical (unpaired) electrons. The molecule has 16 heavy (non-hydrogen) atoms. The van der Waals surface area contributed by atoms with E-state index in [9.17, 15) is 9.90 Å². The maximum absolute atomic E-state index is 11.7. The van der Waals surface area contributed by atoms with Gasteiger partial charge in [0.2, 0.25) is 5.91 Å². The van der Waals surface area contributed by atoms with Crippen LogP contribution in [0.2, 0.25) is 0 Å². The summed E-state index contributed by atoms with van der Waals surface area (Å²) in [6.45, 7) is 1.59. The van der Waals surface area contributed by atoms with Crippen LogP contribution in [-0.4, -0.2) is 60.3 Å². The number of ether oxygens (including phenoxy) is 1. The van der Waals surface area contributed by atoms with Crippen LogP contribution in [0.1, 0.15) is 19.3 Å². The lowest BCUT2D eigenvalue weighted by Gasteiger charge is -2.35. The fourth-order valence-electron chi connectivity index (χ4n) is 1.82. The van der Waals surface area contributed by atoms with Gasteiger partial charge in [-0.15, -0.1) is 0 Å². The Morgan fingerprint density at radius 1 is 1.50 bits per heavy atom. The molecular formula is C11H21NO3S. The van der Waals surface area contributed by atoms with E-state index in [2.05, 4.69) is 0 Å². The Kier molecular flexibility index (Phi) is 5.58. The minimum Gasteiger partial charge on any atom is -0.388 e. The third kappa shape index (κ3) is 4.31. The minimum absolute atomic E-state index is 0.106. The molecule has 1 fully saturated rings. The lowest BCUT2D eigenvalue weighted by molar-refractivity contribution is -0.136. The van der Waals surface area contributed by atoms with Crippen molar-refractivity contribution in [1.29, 1.82) is 0 Å². The summed E-state index contributed by atoms with van der Waals surface area (Å²) in [5, 5.41) is 10.2. The quantitative estimate of drug-likeness (QED) is 0.778. The molecule has 1 saturated heterocycles. The molecule has 0 saturated carbocycles. The second kappa shape index (κ2) is 6.47. The van der Waals surface area contributed by atoms with Gasteiger partial charge in [0, 0.05) is 51.8 Å². The van der Waals surface area contributed by atoms with Gasteiger partial charge in [0.25, 0.3) is 0 Å². The first-order chi connectivity index (χ1) is 7.57. The van der Waals surface area contributed by atoms with Crippen LogP contribution in [-0.2, 0) is 9.53 Å². The van der Waals surface area contributed by atoms with E-state index in [1.165, 1.54) is 0 Å². The second-order valence-electron chi connectivity index (χ2n) is 4.33. The van der Waals surface area contributed by atoms with Gasteiger partial charge in [-0.25, -0.2) is 0 Å². The van der Waals surface area contributed by atoms with Crippen molar-refractivity contribution in [2.24, 2.45) is 0 Å². The monoisotopic (exact) mass is 247 g/mol. The zero-order chi connectivity index (χ0) is 12.0. The van der Waals surface area contributed by atoms with E-state index in [1.807, 2.05) is 6.26 Å². The molecule has 1 amide bonds. The average molecular weight is 247 g/mol. The van der Waals surface area contributed by atoms with Crippen molar-refractivity contribution in [3.05, 3.63) is 0 Å². The van der Waals surface area contributed by atoms with Gasteiger partial charge in [0.1, 0.15) is 0 Å². The van der Waals surface area contributed by atoms with Crippen molar-refractivity contribution in [2.75, 3.05) is 38.8 Å². The van der Waals surface area contributed by atoms with Gasteiger partial charge in [0.15, 0.2) is 0 Å². The minimum atomic E-state index is -0.748. The number of likely N-dealkylation sites (N-methyl/N-ethyl adjacent to an activating group) is 1. The van der Waals surface area contributed by atoms with Crippen molar-refractivity contribution in [3.63, 3.8) is 0 Å². The Balaban J connectivity index is 2.36. The molecule has 5 heteroatoms. The molecule has 0 bridgehead atoms. The summed E-state index contributed by atoms with van der Waals surface area (Å²) in [4.78, 5) is 13.3. The molecule has 0 aromatic rings. The molecule has 4 nitrogen and oxygen atoms in total. The van der Waals surface area contributed by atoms with E-state index in [-0.39, 0.29) is 5.91 Å². The third-order valence-corrected chi connectivity index (χ3v) is 3.51. The van der Waals surface area contributed by atoms with Crippen molar-refractivity contribution in [2.45, 2.75) is 24.9 Å². The Morgan fingerprint density at radius 2 is 2.12 bits per heavy atom. The highest BCUT2D eigenvalue weighted by molar-refractivity contribution is 7.98. The van der Waals surface area contributed by atoms with Crippen molar-refractivity contribution in [1.82, 2.24) is 4.90 Å². The van der Waals surface area contributed by atoms with Gasteiger partial charge in [-0.2, -0.15) is 11.8 Å². The van der Waals surface area contributed by atoms with Crippen LogP contribution in [0.15, 0.2) is 0 Å². The molecule has 0 atom stereocenters. The van der Waals surface area contributed by atoms with Gasteiger partial charge < -0.3 is 14.7 Å². The van der Waals surface area contributed by atoms with Gasteiger partial charge in [-0.05, 0) is 6.26 Å². The zero-order valence-electron chi connectivity index (χ0n) is 10.1. The van der Waals surface area contributed by atoms with Gasteiger partial charge >= 0.3 is 0 Å². The zero-order valence-corrected chi connectivity index (χ0v) is 10.9. The van der Waals surface area contributed by atoms with E-state index < -0.39 is 5.60 Å². The Morgan fingerprint density at radius 3 is 2.69 bits per heavy atom. The van der Waals surface area contributed by atoms with E-state index in [0.717, 1.165) is 5.75 Å². The number of carbonyl (C=O) groups excluding carboxylic acids is 1. The number of nitrogens with zero attached hydrogens (tertiary/aromatic N) is 1. The fourth-order valence-corrected chi connectivity index (χ4v) is 2.20. The van der Waals surface area contributed by atoms with Gasteiger partial charge in [-0.1, -0.05) is 0 Å². The molecule has 1 heterocycles. The van der Waals surface area contributed by atoms with E-state index >= 15 is 0 Å². The van der Waals surface area contributed by atoms with Crippen LogP contribution in [0.5, 0.6) is 0 Å². The number of amides is 1. The summed E-state index contributed by atoms with van der Waals surface area (Å²) in [6, 6.07) is 0. The third-order valence-electron chi connectivity index (χ3n) is 2.90. The van der Waals surface area contributed by atoms with Crippen molar-refractivity contribution >= 4 is 17.7 Å². The second-order valence-corrected chi connectivity index (χ2v) is 5.31. The summed E-state index contributed by atoms with van der Waals surface area (Å²) in [6.07, 6.45) is 3.77. The predicted molar refractivity (Wildman–Crippen MR) is 65.6 cm³/mol. The standard InChI is InChI=1S/C11H21NO3S/c1-12(10(13)3-8-16-2)9-11(14)4-6-15-7-5-11/h14H,3-9H2,1-2H3. The molecule has 0 spiro atoms. The van der Waals surface area contributed by atoms with E-state index in [0.29, 0.717) is 39.0 Å². The largest absolute Gasteiger partial charge is 0.388 e. The molecule has 0 aromatic carbocycles. The Bertz CT molecular complexity index is 229. The number of rotatable bonds is 5. The van der Waals surface area contributed by atoms with Crippen LogP contribution in [0, 0.1) is 0 Å². The molecule has 1 aliphatic heterocycles. The maximum atomic E-state index is 11.7. The molecule has 94 valence electrons. The number of aliphatic hydroxyl groups is 1. The molecule has 1 aliphatic rings. The summed E-state index contributed by atoms with van der Waals surface area (Å²) >= 11 is 1.66. The predicted octanol–water partition coefficient (Wildman–Crippen LogP) is 0.739. The highest BCUT2D eigenvalue weighted by Crippen LogP contribution is 2.21. The van der Waals surface area contributed by atoms with Gasteiger partial charge in [-0.3, -0.25) is 4.79 Å². The van der Waals surface area contributed by atoms with E-state index in [4.69, 9.17) is 4.74 Å². The van der Waals surface area contributed by atoms with Crippen LogP contribution in [0.4, 0.5) is 0 Å². The summed E-state index contributed by atoms with van der Waals surface area (Å²) in [5.74, 6) is 0.944. The lowest BCUT2D eigenvalue weighted by atomic mass is 9.94. The smallest absolute Gasteiger partial charge is 0.223 e. The first kappa shape index (κ1) is 13.8. The number of thioether (sulfide) groups is 1. The molecule has 1 rings (SSSR count). The van der Waals surface area contributed by atoms with Crippen LogP contribution in [0.25, 0.3) is 0 Å². The summed E-state index contributed by atoms with van der Waals surface area (Å²) < 4.78 is 5.21. The normalized spacial score (nSPS) is 19.4. The molecule has 0 aliphatic carbocycles. The topological polar surface area (TPSA) is 49.8 Å². The van der Waals surface area contributed by atoms with Gasteiger partial charge in [0.05, 0.1) is 5.60 Å². The Hall–Kier alpha value is -0.260. The highest BCUT2D eigenvalue weighted by atomic mass is 32.2. The van der Waals surface area contributed by atoms with Crippen molar-refractivity contribution < 1.29 is 14.6 Å². The summed E-state index contributed by atoms with van der Waals surface area (Å²) in [5.41, 5.74) is -0.748. The first-order valence-electron chi connectivity index (χ1n) is 5.60. The van der Waals surface area contributed by atoms with E-state index in [1.54, 1.807) is 23.7 Å². The van der Waals surface area contributed by atoms with Crippen LogP contribution >= 0.6 is 11.8 Å². The molecule has 0 aromatic heterocycles. The SMILES string of the molecule is CSCCC(=O)N(C)CC1(O)CCOCC1. The molecular weight excluding hydrogens is 226 g/mol. The molecule has 1 N–H and O–H groups in total. The van der Waals surface area contributed by atoms with Crippen LogP contribution in [0.3, 0.4) is 0 Å². The summed E-state index contributed by atoms with van der Waals surface area (Å²) in [7, 11) is 1.76. The molecule has 0 unspecified atom stereocenters. The number of hydrogen-bond acceptors (Lipinski definition) is 4. The maximum Gasteiger partial charge on any atom is 0.223 e. The van der Waals surface area contributed by atoms with Crippen molar-refractivity contribution in [3.8, 4) is 0 Å². The van der Waals surface area contributed by atoms with Crippen LogP contribution < -0.4 is 0 Å². The first-order valence-corrected chi connectivity index (χ1v) is 7.00.